The van der Waals surface area contributed by atoms with Crippen LogP contribution < -0.4 is 5.32 Å². The molecule has 0 aliphatic rings. The maximum Gasteiger partial charge on any atom is 0.226 e. The quantitative estimate of drug-likeness (QED) is 0.563. The fourth-order valence-corrected chi connectivity index (χ4v) is 2.37. The van der Waals surface area contributed by atoms with E-state index in [0.717, 1.165) is 5.39 Å². The highest BCUT2D eigenvalue weighted by Gasteiger charge is 2.13. The summed E-state index contributed by atoms with van der Waals surface area (Å²) in [6, 6.07) is 7.42. The van der Waals surface area contributed by atoms with E-state index >= 15 is 0 Å². The molecule has 3 aromatic heterocycles. The lowest BCUT2D eigenvalue weighted by Crippen LogP contribution is -2.25. The number of aromatic nitrogens is 6. The van der Waals surface area contributed by atoms with Crippen molar-refractivity contribution >= 4 is 16.9 Å². The molecule has 25 heavy (non-hydrogen) atoms. The van der Waals surface area contributed by atoms with Crippen molar-refractivity contribution in [1.29, 1.82) is 0 Å². The number of fused-ring (bicyclic) bond motifs is 1. The van der Waals surface area contributed by atoms with Gasteiger partial charge in [-0.05, 0) is 12.1 Å². The number of rotatable bonds is 5. The van der Waals surface area contributed by atoms with Crippen LogP contribution in [0.25, 0.3) is 22.5 Å². The van der Waals surface area contributed by atoms with Gasteiger partial charge < -0.3 is 9.84 Å². The Morgan fingerprint density at radius 2 is 2.16 bits per heavy atom. The minimum atomic E-state index is -0.184. The molecule has 0 bridgehead atoms. The number of H-pyrrole nitrogens is 1. The van der Waals surface area contributed by atoms with Crippen molar-refractivity contribution in [2.45, 2.75) is 13.0 Å². The normalized spacial score (nSPS) is 10.9. The second kappa shape index (κ2) is 6.48. The summed E-state index contributed by atoms with van der Waals surface area (Å²) in [6.45, 7) is 0.224. The van der Waals surface area contributed by atoms with Crippen LogP contribution in [0, 0.1) is 0 Å². The monoisotopic (exact) mass is 335 g/mol. The zero-order valence-corrected chi connectivity index (χ0v) is 13.0. The van der Waals surface area contributed by atoms with E-state index < -0.39 is 0 Å². The van der Waals surface area contributed by atoms with Crippen molar-refractivity contribution in [3.63, 3.8) is 0 Å². The third-order valence-corrected chi connectivity index (χ3v) is 3.56. The molecular formula is C16H13N7O2. The van der Waals surface area contributed by atoms with Gasteiger partial charge in [0, 0.05) is 17.8 Å². The molecule has 0 radical (unpaired) electrons. The predicted octanol–water partition coefficient (Wildman–Crippen LogP) is 1.26. The summed E-state index contributed by atoms with van der Waals surface area (Å²) in [5.74, 6) is 0.773. The van der Waals surface area contributed by atoms with Gasteiger partial charge in [-0.15, -0.1) is 0 Å². The van der Waals surface area contributed by atoms with Gasteiger partial charge in [-0.2, -0.15) is 5.10 Å². The van der Waals surface area contributed by atoms with Crippen molar-refractivity contribution in [2.75, 3.05) is 0 Å². The molecule has 0 spiro atoms. The fourth-order valence-electron chi connectivity index (χ4n) is 2.37. The highest BCUT2D eigenvalue weighted by molar-refractivity contribution is 5.86. The first-order valence-corrected chi connectivity index (χ1v) is 7.57. The number of hydrogen-bond donors (Lipinski definition) is 2. The molecule has 0 unspecified atom stereocenters. The Kier molecular flexibility index (Phi) is 3.87. The smallest absolute Gasteiger partial charge is 0.226 e. The van der Waals surface area contributed by atoms with E-state index in [0.29, 0.717) is 28.6 Å². The van der Waals surface area contributed by atoms with Crippen LogP contribution in [0.2, 0.25) is 0 Å². The first-order valence-electron chi connectivity index (χ1n) is 7.57. The number of hydrogen-bond acceptors (Lipinski definition) is 7. The molecule has 0 atom stereocenters. The molecule has 9 nitrogen and oxygen atoms in total. The first-order chi connectivity index (χ1) is 12.3. The van der Waals surface area contributed by atoms with Gasteiger partial charge in [-0.1, -0.05) is 17.3 Å². The van der Waals surface area contributed by atoms with Gasteiger partial charge in [0.15, 0.2) is 5.58 Å². The standard InChI is InChI=1S/C16H13N7O2/c24-15(7-11-10-3-1-2-4-13(10)25-23-11)19-9-14-20-16(22-21-14)12-8-17-5-6-18-12/h1-6,8H,7,9H2,(H,19,24)(H,20,21,22). The third kappa shape index (κ3) is 3.20. The molecule has 9 heteroatoms. The van der Waals surface area contributed by atoms with Crippen LogP contribution in [0.4, 0.5) is 0 Å². The van der Waals surface area contributed by atoms with E-state index in [1.807, 2.05) is 24.3 Å². The molecule has 1 aromatic carbocycles. The Morgan fingerprint density at radius 1 is 1.24 bits per heavy atom. The lowest BCUT2D eigenvalue weighted by molar-refractivity contribution is -0.120. The van der Waals surface area contributed by atoms with Crippen LogP contribution >= 0.6 is 0 Å². The Bertz CT molecular complexity index is 1010. The maximum absolute atomic E-state index is 12.1. The summed E-state index contributed by atoms with van der Waals surface area (Å²) in [5.41, 5.74) is 1.82. The van der Waals surface area contributed by atoms with E-state index in [4.69, 9.17) is 4.52 Å². The van der Waals surface area contributed by atoms with E-state index in [1.54, 1.807) is 18.6 Å². The summed E-state index contributed by atoms with van der Waals surface area (Å²) in [7, 11) is 0. The topological polar surface area (TPSA) is 122 Å². The van der Waals surface area contributed by atoms with Gasteiger partial charge in [0.2, 0.25) is 11.7 Å². The number of nitrogens with zero attached hydrogens (tertiary/aromatic N) is 5. The first kappa shape index (κ1) is 14.9. The highest BCUT2D eigenvalue weighted by atomic mass is 16.5. The number of para-hydroxylation sites is 1. The van der Waals surface area contributed by atoms with Crippen molar-refractivity contribution in [3.8, 4) is 11.5 Å². The molecule has 0 aliphatic heterocycles. The van der Waals surface area contributed by atoms with Gasteiger partial charge >= 0.3 is 0 Å². The Hall–Kier alpha value is -3.62. The van der Waals surface area contributed by atoms with E-state index in [1.165, 1.54) is 0 Å². The molecule has 0 saturated carbocycles. The molecule has 124 valence electrons. The number of carbonyl (C=O) groups is 1. The minimum absolute atomic E-state index is 0.127. The van der Waals surface area contributed by atoms with E-state index in [-0.39, 0.29) is 18.9 Å². The predicted molar refractivity (Wildman–Crippen MR) is 87.0 cm³/mol. The maximum atomic E-state index is 12.1. The van der Waals surface area contributed by atoms with Crippen LogP contribution in [0.3, 0.4) is 0 Å². The second-order valence-corrected chi connectivity index (χ2v) is 5.28. The summed E-state index contributed by atoms with van der Waals surface area (Å²) >= 11 is 0. The number of benzene rings is 1. The van der Waals surface area contributed by atoms with Gasteiger partial charge in [-0.25, -0.2) is 9.97 Å². The van der Waals surface area contributed by atoms with Crippen molar-refractivity contribution in [2.24, 2.45) is 0 Å². The van der Waals surface area contributed by atoms with Crippen LogP contribution in [0.5, 0.6) is 0 Å². The minimum Gasteiger partial charge on any atom is -0.356 e. The average molecular weight is 335 g/mol. The summed E-state index contributed by atoms with van der Waals surface area (Å²) in [6.07, 6.45) is 4.84. The zero-order chi connectivity index (χ0) is 17.1. The summed E-state index contributed by atoms with van der Waals surface area (Å²) in [4.78, 5) is 24.5. The van der Waals surface area contributed by atoms with Gasteiger partial charge in [-0.3, -0.25) is 14.9 Å². The van der Waals surface area contributed by atoms with Crippen LogP contribution in [-0.2, 0) is 17.8 Å². The lowest BCUT2D eigenvalue weighted by atomic mass is 10.1. The number of amides is 1. The third-order valence-electron chi connectivity index (χ3n) is 3.56. The summed E-state index contributed by atoms with van der Waals surface area (Å²) in [5, 5.41) is 14.4. The van der Waals surface area contributed by atoms with Crippen LogP contribution in [-0.4, -0.2) is 36.2 Å². The zero-order valence-electron chi connectivity index (χ0n) is 13.0. The second-order valence-electron chi connectivity index (χ2n) is 5.28. The number of aromatic amines is 1. The molecule has 1 amide bonds. The Labute approximate surface area is 141 Å². The molecule has 0 aliphatic carbocycles. The van der Waals surface area contributed by atoms with Gasteiger partial charge in [0.1, 0.15) is 17.2 Å². The molecule has 4 aromatic rings. The average Bonchev–Trinajstić information content (AvgIpc) is 3.28. The molecule has 4 rings (SSSR count). The van der Waals surface area contributed by atoms with Gasteiger partial charge in [0.05, 0.1) is 19.2 Å². The van der Waals surface area contributed by atoms with Crippen LogP contribution in [0.1, 0.15) is 11.5 Å². The summed E-state index contributed by atoms with van der Waals surface area (Å²) < 4.78 is 5.19. The van der Waals surface area contributed by atoms with E-state index in [9.17, 15) is 4.79 Å². The highest BCUT2D eigenvalue weighted by Crippen LogP contribution is 2.18. The van der Waals surface area contributed by atoms with E-state index in [2.05, 4.69) is 35.6 Å². The molecule has 3 heterocycles. The SMILES string of the molecule is O=C(Cc1noc2ccccc12)NCc1nc(-c2cnccn2)n[nH]1. The molecule has 0 saturated heterocycles. The lowest BCUT2D eigenvalue weighted by Gasteiger charge is -2.01. The largest absolute Gasteiger partial charge is 0.356 e. The van der Waals surface area contributed by atoms with Crippen LogP contribution in [0.15, 0.2) is 47.4 Å². The Morgan fingerprint density at radius 3 is 3.04 bits per heavy atom. The fraction of sp³-hybridized carbons (Fsp3) is 0.125. The van der Waals surface area contributed by atoms with Gasteiger partial charge in [0.25, 0.3) is 0 Å². The van der Waals surface area contributed by atoms with Crippen molar-refractivity contribution in [1.82, 2.24) is 35.6 Å². The Balaban J connectivity index is 1.38. The number of carbonyl (C=O) groups excluding carboxylic acids is 1. The molecular weight excluding hydrogens is 322 g/mol. The van der Waals surface area contributed by atoms with Crippen molar-refractivity contribution < 1.29 is 9.32 Å². The van der Waals surface area contributed by atoms with Crippen molar-refractivity contribution in [3.05, 3.63) is 54.4 Å². The number of nitrogens with one attached hydrogen (secondary N) is 2. The molecule has 0 fully saturated rings. The molecule has 2 N–H and O–H groups in total.